The number of hydrogen-bond acceptors (Lipinski definition) is 6. The highest BCUT2D eigenvalue weighted by atomic mass is 32.2. The zero-order chi connectivity index (χ0) is 18.0. The van der Waals surface area contributed by atoms with E-state index in [0.29, 0.717) is 0 Å². The van der Waals surface area contributed by atoms with Crippen molar-refractivity contribution in [2.45, 2.75) is 9.79 Å². The molecule has 0 heterocycles. The first-order chi connectivity index (χ1) is 11.1. The summed E-state index contributed by atoms with van der Waals surface area (Å²) in [4.78, 5) is -0.750. The molecule has 0 aliphatic carbocycles. The molecule has 0 aliphatic heterocycles. The lowest BCUT2D eigenvalue weighted by atomic mass is 10.3. The van der Waals surface area contributed by atoms with Crippen molar-refractivity contribution >= 4 is 28.9 Å². The van der Waals surface area contributed by atoms with E-state index in [4.69, 9.17) is 18.2 Å². The lowest BCUT2D eigenvalue weighted by molar-refractivity contribution is 0.439. The molecule has 130 valence electrons. The van der Waals surface area contributed by atoms with E-state index in [-0.39, 0.29) is 21.3 Å². The number of rotatable bonds is 6. The molecule has 2 aromatic rings. The maximum Gasteiger partial charge on any atom is 0.505 e. The Bertz CT molecular complexity index is 833. The van der Waals surface area contributed by atoms with Gasteiger partial charge in [0, 0.05) is 0 Å². The molecule has 0 unspecified atom stereocenters. The summed E-state index contributed by atoms with van der Waals surface area (Å²) in [6.07, 6.45) is 0. The number of hydrogen-bond donors (Lipinski definition) is 2. The Morgan fingerprint density at radius 2 is 1.00 bits per heavy atom. The molecule has 2 N–H and O–H groups in total. The van der Waals surface area contributed by atoms with E-state index in [9.17, 15) is 21.0 Å². The molecular formula is C12H10FO8PS2. The van der Waals surface area contributed by atoms with E-state index in [1.54, 1.807) is 0 Å². The van der Waals surface area contributed by atoms with Gasteiger partial charge in [0.25, 0.3) is 20.2 Å². The van der Waals surface area contributed by atoms with E-state index in [1.807, 2.05) is 0 Å². The SMILES string of the molecule is O=S(=O)(O)c1ccc(OP(F)Oc2ccc(S(=O)(=O)O)cc2)cc1. The summed E-state index contributed by atoms with van der Waals surface area (Å²) in [6.45, 7) is 0. The number of benzene rings is 2. The molecule has 0 amide bonds. The summed E-state index contributed by atoms with van der Waals surface area (Å²) in [6, 6.07) is 8.60. The van der Waals surface area contributed by atoms with Gasteiger partial charge in [0.1, 0.15) is 11.5 Å². The lowest BCUT2D eigenvalue weighted by Crippen LogP contribution is -1.98. The molecule has 0 aromatic heterocycles. The Hall–Kier alpha value is -1.78. The molecule has 0 bridgehead atoms. The number of halogens is 1. The smallest absolute Gasteiger partial charge is 0.415 e. The van der Waals surface area contributed by atoms with Gasteiger partial charge < -0.3 is 9.05 Å². The highest BCUT2D eigenvalue weighted by molar-refractivity contribution is 7.86. The van der Waals surface area contributed by atoms with Crippen molar-refractivity contribution in [3.05, 3.63) is 48.5 Å². The van der Waals surface area contributed by atoms with Crippen LogP contribution >= 0.6 is 8.69 Å². The summed E-state index contributed by atoms with van der Waals surface area (Å²) < 4.78 is 84.4. The largest absolute Gasteiger partial charge is 0.505 e. The van der Waals surface area contributed by atoms with Crippen LogP contribution in [0.15, 0.2) is 58.3 Å². The van der Waals surface area contributed by atoms with Crippen LogP contribution in [-0.2, 0) is 20.2 Å². The van der Waals surface area contributed by atoms with Crippen LogP contribution in [0.1, 0.15) is 0 Å². The van der Waals surface area contributed by atoms with Crippen LogP contribution in [0.4, 0.5) is 4.20 Å². The Labute approximate surface area is 138 Å². The maximum atomic E-state index is 13.7. The molecule has 24 heavy (non-hydrogen) atoms. The van der Waals surface area contributed by atoms with Crippen molar-refractivity contribution in [2.24, 2.45) is 0 Å². The summed E-state index contributed by atoms with van der Waals surface area (Å²) >= 11 is 0. The first-order valence-corrected chi connectivity index (χ1v) is 9.97. The maximum absolute atomic E-state index is 13.7. The second kappa shape index (κ2) is 6.99. The molecule has 0 saturated heterocycles. The second-order valence-corrected chi connectivity index (χ2v) is 7.92. The standard InChI is InChI=1S/C12H10FO8PS2/c13-22(20-9-1-5-11(6-2-9)23(14,15)16)21-10-3-7-12(8-4-10)24(17,18)19/h1-8H,(H,14,15,16)(H,17,18,19). The van der Waals surface area contributed by atoms with Crippen molar-refractivity contribution in [1.82, 2.24) is 0 Å². The van der Waals surface area contributed by atoms with Crippen LogP contribution in [0, 0.1) is 0 Å². The van der Waals surface area contributed by atoms with Gasteiger partial charge in [0.15, 0.2) is 0 Å². The highest BCUT2D eigenvalue weighted by Gasteiger charge is 2.16. The van der Waals surface area contributed by atoms with Gasteiger partial charge in [-0.15, -0.1) is 4.20 Å². The highest BCUT2D eigenvalue weighted by Crippen LogP contribution is 2.41. The van der Waals surface area contributed by atoms with Gasteiger partial charge >= 0.3 is 8.69 Å². The zero-order valence-corrected chi connectivity index (χ0v) is 14.1. The summed E-state index contributed by atoms with van der Waals surface area (Å²) in [7, 11) is -11.6. The Balaban J connectivity index is 2.01. The normalized spacial score (nSPS) is 12.2. The fourth-order valence-electron chi connectivity index (χ4n) is 1.53. The monoisotopic (exact) mass is 396 g/mol. The van der Waals surface area contributed by atoms with Gasteiger partial charge in [0.05, 0.1) is 9.79 Å². The summed E-state index contributed by atoms with van der Waals surface area (Å²) in [5.41, 5.74) is 0. The van der Waals surface area contributed by atoms with Crippen LogP contribution in [0.25, 0.3) is 0 Å². The van der Waals surface area contributed by atoms with Crippen LogP contribution < -0.4 is 9.05 Å². The minimum atomic E-state index is -4.36. The molecule has 2 aromatic carbocycles. The fraction of sp³-hybridized carbons (Fsp3) is 0. The van der Waals surface area contributed by atoms with E-state index < -0.39 is 28.9 Å². The third-order valence-corrected chi connectivity index (χ3v) is 5.04. The Kier molecular flexibility index (Phi) is 5.41. The van der Waals surface area contributed by atoms with Gasteiger partial charge in [-0.2, -0.15) is 16.8 Å². The topological polar surface area (TPSA) is 127 Å². The first-order valence-electron chi connectivity index (χ1n) is 6.03. The average Bonchev–Trinajstić information content (AvgIpc) is 2.46. The zero-order valence-electron chi connectivity index (χ0n) is 11.6. The average molecular weight is 396 g/mol. The van der Waals surface area contributed by atoms with Gasteiger partial charge in [-0.1, -0.05) is 0 Å². The molecule has 8 nitrogen and oxygen atoms in total. The van der Waals surface area contributed by atoms with E-state index >= 15 is 0 Å². The molecule has 0 saturated carbocycles. The molecule has 0 atom stereocenters. The Morgan fingerprint density at radius 1 is 0.708 bits per heavy atom. The van der Waals surface area contributed by atoms with Crippen molar-refractivity contribution in [2.75, 3.05) is 0 Å². The van der Waals surface area contributed by atoms with Crippen LogP contribution in [-0.4, -0.2) is 25.9 Å². The van der Waals surface area contributed by atoms with E-state index in [0.717, 1.165) is 48.5 Å². The van der Waals surface area contributed by atoms with Crippen molar-refractivity contribution in [1.29, 1.82) is 0 Å². The molecule has 0 fully saturated rings. The summed E-state index contributed by atoms with van der Waals surface area (Å²) in [5, 5.41) is 0. The van der Waals surface area contributed by atoms with Crippen LogP contribution in [0.2, 0.25) is 0 Å². The predicted octanol–water partition coefficient (Wildman–Crippen LogP) is 2.83. The van der Waals surface area contributed by atoms with Gasteiger partial charge in [-0.25, -0.2) is 0 Å². The minimum Gasteiger partial charge on any atom is -0.415 e. The third-order valence-electron chi connectivity index (χ3n) is 2.60. The molecular weight excluding hydrogens is 386 g/mol. The summed E-state index contributed by atoms with van der Waals surface area (Å²) in [5.74, 6) is -0.0730. The van der Waals surface area contributed by atoms with E-state index in [2.05, 4.69) is 0 Å². The molecule has 12 heteroatoms. The van der Waals surface area contributed by atoms with Crippen LogP contribution in [0.3, 0.4) is 0 Å². The second-order valence-electron chi connectivity index (χ2n) is 4.29. The Morgan fingerprint density at radius 3 is 1.25 bits per heavy atom. The fourth-order valence-corrected chi connectivity index (χ4v) is 3.10. The van der Waals surface area contributed by atoms with Gasteiger partial charge in [-0.05, 0) is 48.5 Å². The quantitative estimate of drug-likeness (QED) is 0.564. The van der Waals surface area contributed by atoms with Gasteiger partial charge in [0.2, 0.25) is 0 Å². The van der Waals surface area contributed by atoms with Crippen molar-refractivity contribution in [3.8, 4) is 11.5 Å². The molecule has 2 rings (SSSR count). The predicted molar refractivity (Wildman–Crippen MR) is 81.8 cm³/mol. The van der Waals surface area contributed by atoms with Crippen molar-refractivity contribution in [3.63, 3.8) is 0 Å². The van der Waals surface area contributed by atoms with Crippen LogP contribution in [0.5, 0.6) is 11.5 Å². The van der Waals surface area contributed by atoms with E-state index in [1.165, 1.54) is 0 Å². The van der Waals surface area contributed by atoms with Crippen molar-refractivity contribution < 1.29 is 39.2 Å². The third kappa shape index (κ3) is 5.11. The minimum absolute atomic E-state index is 0.0365. The van der Waals surface area contributed by atoms with Gasteiger partial charge in [-0.3, -0.25) is 9.11 Å². The molecule has 0 aliphatic rings. The molecule has 0 spiro atoms. The molecule has 0 radical (unpaired) electrons. The first kappa shape index (κ1) is 18.6. The lowest BCUT2D eigenvalue weighted by Gasteiger charge is -2.10.